The number of carbonyl (C=O) groups is 2. The van der Waals surface area contributed by atoms with E-state index < -0.39 is 26.6 Å². The molecule has 1 aromatic rings. The minimum absolute atomic E-state index is 0. The average Bonchev–Trinajstić information content (AvgIpc) is 2.22. The summed E-state index contributed by atoms with van der Waals surface area (Å²) >= 11 is 0. The van der Waals surface area contributed by atoms with Gasteiger partial charge in [0.05, 0.1) is 0 Å². The number of fused-ring (bicyclic) bond motifs is 1. The van der Waals surface area contributed by atoms with Crippen LogP contribution in [0.4, 0.5) is 0 Å². The van der Waals surface area contributed by atoms with Crippen molar-refractivity contribution in [1.29, 1.82) is 0 Å². The van der Waals surface area contributed by atoms with Gasteiger partial charge in [-0.15, -0.1) is 0 Å². The van der Waals surface area contributed by atoms with Gasteiger partial charge >= 0.3 is 18.9 Å². The molecule has 0 atom stereocenters. The van der Waals surface area contributed by atoms with E-state index in [1.54, 1.807) is 6.07 Å². The van der Waals surface area contributed by atoms with Crippen LogP contribution in [0.25, 0.3) is 0 Å². The van der Waals surface area contributed by atoms with Crippen molar-refractivity contribution in [2.75, 3.05) is 0 Å². The summed E-state index contributed by atoms with van der Waals surface area (Å²) in [6.07, 6.45) is 0.639. The Hall–Kier alpha value is -1.19. The molecule has 84 valence electrons. The molecule has 0 aliphatic heterocycles. The molecule has 0 saturated heterocycles. The van der Waals surface area contributed by atoms with Crippen LogP contribution in [0.5, 0.6) is 0 Å². The molecule has 0 radical (unpaired) electrons. The van der Waals surface area contributed by atoms with Gasteiger partial charge in [-0.3, -0.25) is 14.1 Å². The molecular weight excluding hydrogens is 239 g/mol. The van der Waals surface area contributed by atoms with E-state index in [1.807, 2.05) is 0 Å². The van der Waals surface area contributed by atoms with Gasteiger partial charge in [0.1, 0.15) is 4.91 Å². The van der Waals surface area contributed by atoms with E-state index in [0.717, 1.165) is 0 Å². The molecule has 1 aliphatic rings. The minimum atomic E-state index is -4.66. The Morgan fingerprint density at radius 2 is 1.53 bits per heavy atom. The number of rotatable bonds is 1. The van der Waals surface area contributed by atoms with Crippen LogP contribution in [-0.4, -0.2) is 43.4 Å². The predicted molar refractivity (Wildman–Crippen MR) is 61.9 cm³/mol. The van der Waals surface area contributed by atoms with Crippen LogP contribution >= 0.6 is 0 Å². The van der Waals surface area contributed by atoms with Crippen molar-refractivity contribution in [3.05, 3.63) is 46.4 Å². The normalized spacial score (nSPS) is 14.8. The Labute approximate surface area is 109 Å². The van der Waals surface area contributed by atoms with Crippen molar-refractivity contribution in [3.8, 4) is 0 Å². The summed E-state index contributed by atoms with van der Waals surface area (Å²) in [5, 5.41) is 0. The summed E-state index contributed by atoms with van der Waals surface area (Å²) in [7, 11) is -4.66. The molecule has 17 heavy (non-hydrogen) atoms. The van der Waals surface area contributed by atoms with Crippen LogP contribution < -0.4 is 0 Å². The van der Waals surface area contributed by atoms with E-state index in [4.69, 9.17) is 4.55 Å². The number of allylic oxidation sites excluding steroid dienone is 2. The van der Waals surface area contributed by atoms with Crippen LogP contribution in [0.15, 0.2) is 35.2 Å². The van der Waals surface area contributed by atoms with Crippen LogP contribution in [0.3, 0.4) is 0 Å². The molecule has 2 rings (SSSR count). The number of hydrogen-bond acceptors (Lipinski definition) is 4. The SMILES string of the molecule is O=C1C=C(S(=O)(=O)O)C(=O)c2ccccc21.[LiH]. The molecule has 0 spiro atoms. The first-order valence-corrected chi connectivity index (χ1v) is 5.72. The van der Waals surface area contributed by atoms with Gasteiger partial charge in [0.2, 0.25) is 5.78 Å². The van der Waals surface area contributed by atoms with Gasteiger partial charge in [-0.05, 0) is 0 Å². The molecule has 0 fully saturated rings. The fourth-order valence-corrected chi connectivity index (χ4v) is 2.08. The topological polar surface area (TPSA) is 88.5 Å². The monoisotopic (exact) mass is 246 g/mol. The van der Waals surface area contributed by atoms with Crippen molar-refractivity contribution < 1.29 is 22.6 Å². The van der Waals surface area contributed by atoms with Crippen molar-refractivity contribution >= 4 is 40.5 Å². The van der Waals surface area contributed by atoms with Gasteiger partial charge in [0.15, 0.2) is 5.78 Å². The molecule has 0 amide bonds. The van der Waals surface area contributed by atoms with Gasteiger partial charge in [-0.1, -0.05) is 24.3 Å². The summed E-state index contributed by atoms with van der Waals surface area (Å²) in [5.74, 6) is -1.47. The third-order valence-corrected chi connectivity index (χ3v) is 3.06. The maximum atomic E-state index is 11.6. The fourth-order valence-electron chi connectivity index (χ4n) is 1.48. The molecular formula is C10H7LiO5S. The van der Waals surface area contributed by atoms with Gasteiger partial charge in [0.25, 0.3) is 10.1 Å². The molecule has 0 unspecified atom stereocenters. The number of carbonyl (C=O) groups excluding carboxylic acids is 2. The number of benzene rings is 1. The number of ketones is 2. The second-order valence-electron chi connectivity index (χ2n) is 3.22. The molecule has 1 aliphatic carbocycles. The fraction of sp³-hybridized carbons (Fsp3) is 0. The van der Waals surface area contributed by atoms with Crippen LogP contribution in [0.2, 0.25) is 0 Å². The summed E-state index contributed by atoms with van der Waals surface area (Å²) in [5.41, 5.74) is 0.127. The molecule has 1 N–H and O–H groups in total. The number of hydrogen-bond donors (Lipinski definition) is 1. The van der Waals surface area contributed by atoms with E-state index in [0.29, 0.717) is 6.08 Å². The van der Waals surface area contributed by atoms with E-state index in [9.17, 15) is 18.0 Å². The Kier molecular flexibility index (Phi) is 3.74. The van der Waals surface area contributed by atoms with E-state index >= 15 is 0 Å². The second kappa shape index (κ2) is 4.59. The maximum absolute atomic E-state index is 11.6. The molecule has 5 nitrogen and oxygen atoms in total. The van der Waals surface area contributed by atoms with Gasteiger partial charge < -0.3 is 0 Å². The third-order valence-electron chi connectivity index (χ3n) is 2.20. The first-order chi connectivity index (χ1) is 7.41. The Morgan fingerprint density at radius 3 is 2.06 bits per heavy atom. The van der Waals surface area contributed by atoms with Crippen molar-refractivity contribution in [1.82, 2.24) is 0 Å². The molecule has 1 aromatic carbocycles. The summed E-state index contributed by atoms with van der Waals surface area (Å²) < 4.78 is 30.5. The van der Waals surface area contributed by atoms with Crippen LogP contribution in [0.1, 0.15) is 20.7 Å². The van der Waals surface area contributed by atoms with Crippen molar-refractivity contribution in [2.45, 2.75) is 0 Å². The van der Waals surface area contributed by atoms with Gasteiger partial charge in [-0.2, -0.15) is 8.42 Å². The molecule has 0 heterocycles. The van der Waals surface area contributed by atoms with Crippen molar-refractivity contribution in [2.24, 2.45) is 0 Å². The van der Waals surface area contributed by atoms with Gasteiger partial charge in [-0.25, -0.2) is 0 Å². The molecule has 0 saturated carbocycles. The first-order valence-electron chi connectivity index (χ1n) is 4.28. The van der Waals surface area contributed by atoms with Gasteiger partial charge in [0, 0.05) is 17.2 Å². The second-order valence-corrected chi connectivity index (χ2v) is 4.61. The van der Waals surface area contributed by atoms with E-state index in [2.05, 4.69) is 0 Å². The zero-order valence-corrected chi connectivity index (χ0v) is 8.69. The third kappa shape index (κ3) is 2.40. The molecule has 0 bridgehead atoms. The van der Waals surface area contributed by atoms with E-state index in [1.165, 1.54) is 18.2 Å². The van der Waals surface area contributed by atoms with E-state index in [-0.39, 0.29) is 30.0 Å². The van der Waals surface area contributed by atoms with Crippen LogP contribution in [0, 0.1) is 0 Å². The predicted octanol–water partition coefficient (Wildman–Crippen LogP) is 0.189. The molecule has 0 aromatic heterocycles. The zero-order chi connectivity index (χ0) is 11.9. The average molecular weight is 246 g/mol. The summed E-state index contributed by atoms with van der Waals surface area (Å²) in [6.45, 7) is 0. The van der Waals surface area contributed by atoms with Crippen molar-refractivity contribution in [3.63, 3.8) is 0 Å². The zero-order valence-electron chi connectivity index (χ0n) is 7.88. The number of Topliss-reactive ketones (excluding diaryl/α,β-unsaturated/α-hetero) is 1. The quantitative estimate of drug-likeness (QED) is 0.564. The Balaban J connectivity index is 0.00000144. The summed E-state index contributed by atoms with van der Waals surface area (Å²) in [6, 6.07) is 5.84. The summed E-state index contributed by atoms with van der Waals surface area (Å²) in [4.78, 5) is 22.3. The Bertz CT molecular complexity index is 630. The Morgan fingerprint density at radius 1 is 1.00 bits per heavy atom. The van der Waals surface area contributed by atoms with Crippen LogP contribution in [-0.2, 0) is 10.1 Å². The first kappa shape index (κ1) is 13.9. The molecule has 7 heteroatoms. The standard InChI is InChI=1S/C10H6O5S.Li.H/c11-8-5-9(16(13,14)15)10(12)7-4-2-1-3-6(7)8;;/h1-5H,(H,13,14,15);;.